The van der Waals surface area contributed by atoms with Crippen molar-refractivity contribution in [3.05, 3.63) is 111 Å². The highest BCUT2D eigenvalue weighted by molar-refractivity contribution is 7.85. The van der Waals surface area contributed by atoms with Gasteiger partial charge in [-0.15, -0.1) is 0 Å². The van der Waals surface area contributed by atoms with E-state index in [2.05, 4.69) is 30.3 Å². The van der Waals surface area contributed by atoms with Crippen molar-refractivity contribution in [3.8, 4) is 0 Å². The van der Waals surface area contributed by atoms with Gasteiger partial charge in [0.2, 0.25) is 0 Å². The van der Waals surface area contributed by atoms with Gasteiger partial charge in [0.05, 0.1) is 24.0 Å². The van der Waals surface area contributed by atoms with Crippen LogP contribution in [0.4, 0.5) is 0 Å². The van der Waals surface area contributed by atoms with Crippen LogP contribution in [-0.4, -0.2) is 31.4 Å². The molecule has 0 bridgehead atoms. The van der Waals surface area contributed by atoms with E-state index in [-0.39, 0.29) is 18.4 Å². The third-order valence-electron chi connectivity index (χ3n) is 7.14. The Morgan fingerprint density at radius 1 is 1.05 bits per heavy atom. The molecule has 5 nitrogen and oxygen atoms in total. The summed E-state index contributed by atoms with van der Waals surface area (Å²) in [6, 6.07) is 24.0. The second-order valence-corrected chi connectivity index (χ2v) is 12.3. The molecule has 3 aromatic carbocycles. The lowest BCUT2D eigenvalue weighted by Gasteiger charge is -2.35. The van der Waals surface area contributed by atoms with E-state index in [0.717, 1.165) is 46.0 Å². The molecule has 0 amide bonds. The van der Waals surface area contributed by atoms with Crippen LogP contribution in [0.25, 0.3) is 10.9 Å². The molecule has 0 saturated heterocycles. The van der Waals surface area contributed by atoms with E-state index < -0.39 is 15.7 Å². The molecule has 0 saturated carbocycles. The summed E-state index contributed by atoms with van der Waals surface area (Å²) in [5.74, 6) is 0.0411. The van der Waals surface area contributed by atoms with Crippen LogP contribution in [0.3, 0.4) is 0 Å². The second kappa shape index (κ2) is 9.84. The van der Waals surface area contributed by atoms with Crippen LogP contribution in [-0.2, 0) is 26.3 Å². The summed E-state index contributed by atoms with van der Waals surface area (Å²) in [5, 5.41) is 12.6. The number of aliphatic hydroxyl groups is 1. The lowest BCUT2D eigenvalue weighted by molar-refractivity contribution is 0.0772. The number of nitrogens with zero attached hydrogens (tertiary/aromatic N) is 1. The summed E-state index contributed by atoms with van der Waals surface area (Å²) in [4.78, 5) is 4.91. The van der Waals surface area contributed by atoms with E-state index in [9.17, 15) is 13.5 Å². The minimum absolute atomic E-state index is 0.0593. The van der Waals surface area contributed by atoms with E-state index in [1.165, 1.54) is 11.1 Å². The molecule has 0 spiro atoms. The van der Waals surface area contributed by atoms with Gasteiger partial charge in [-0.3, -0.25) is 9.17 Å². The molecule has 192 valence electrons. The molecule has 0 aliphatic heterocycles. The van der Waals surface area contributed by atoms with Crippen molar-refractivity contribution < 1.29 is 17.7 Å². The zero-order valence-corrected chi connectivity index (χ0v) is 22.7. The number of aromatic nitrogens is 1. The molecule has 37 heavy (non-hydrogen) atoms. The van der Waals surface area contributed by atoms with Gasteiger partial charge >= 0.3 is 0 Å². The number of hydrogen-bond donors (Lipinski definition) is 1. The van der Waals surface area contributed by atoms with Gasteiger partial charge in [0.25, 0.3) is 10.1 Å². The quantitative estimate of drug-likeness (QED) is 0.268. The van der Waals surface area contributed by atoms with Crippen LogP contribution in [0.1, 0.15) is 65.6 Å². The topological polar surface area (TPSA) is 76.5 Å². The van der Waals surface area contributed by atoms with Crippen LogP contribution in [0.15, 0.2) is 72.8 Å². The Labute approximate surface area is 223 Å². The first-order chi connectivity index (χ1) is 17.5. The van der Waals surface area contributed by atoms with Crippen molar-refractivity contribution in [2.24, 2.45) is 0 Å². The molecule has 1 aliphatic carbocycles. The van der Waals surface area contributed by atoms with Crippen molar-refractivity contribution >= 4 is 32.6 Å². The summed E-state index contributed by atoms with van der Waals surface area (Å²) in [7, 11) is -3.56. The fraction of sp³-hybridized carbons (Fsp3) is 0.300. The molecule has 1 aliphatic rings. The zero-order valence-electron chi connectivity index (χ0n) is 21.1. The zero-order chi connectivity index (χ0) is 26.4. The highest BCUT2D eigenvalue weighted by atomic mass is 35.5. The van der Waals surface area contributed by atoms with Gasteiger partial charge in [0.1, 0.15) is 0 Å². The Bertz CT molecular complexity index is 1580. The van der Waals surface area contributed by atoms with Crippen molar-refractivity contribution in [2.75, 3.05) is 12.9 Å². The third-order valence-corrected chi connectivity index (χ3v) is 7.97. The van der Waals surface area contributed by atoms with E-state index >= 15 is 0 Å². The highest BCUT2D eigenvalue weighted by Crippen LogP contribution is 2.46. The van der Waals surface area contributed by atoms with Crippen LogP contribution >= 0.6 is 11.6 Å². The number of pyridine rings is 1. The lowest BCUT2D eigenvalue weighted by atomic mass is 9.69. The predicted octanol–water partition coefficient (Wildman–Crippen LogP) is 6.30. The van der Waals surface area contributed by atoms with Crippen LogP contribution in [0, 0.1) is 0 Å². The van der Waals surface area contributed by atoms with Crippen molar-refractivity contribution in [1.82, 2.24) is 4.98 Å². The summed E-state index contributed by atoms with van der Waals surface area (Å²) in [6.07, 6.45) is 2.36. The van der Waals surface area contributed by atoms with Crippen molar-refractivity contribution in [1.29, 1.82) is 0 Å². The Kier molecular flexibility index (Phi) is 6.88. The molecule has 1 aromatic heterocycles. The number of halogens is 1. The first-order valence-corrected chi connectivity index (χ1v) is 14.5. The monoisotopic (exact) mass is 535 g/mol. The van der Waals surface area contributed by atoms with Gasteiger partial charge < -0.3 is 5.11 Å². The average molecular weight is 536 g/mol. The lowest BCUT2D eigenvalue weighted by Crippen LogP contribution is -2.25. The minimum Gasteiger partial charge on any atom is -0.386 e. The summed E-state index contributed by atoms with van der Waals surface area (Å²) in [6.45, 7) is 3.60. The van der Waals surface area contributed by atoms with Gasteiger partial charge in [-0.1, -0.05) is 66.2 Å². The molecule has 0 fully saturated rings. The first-order valence-electron chi connectivity index (χ1n) is 12.4. The van der Waals surface area contributed by atoms with Crippen LogP contribution in [0.5, 0.6) is 0 Å². The number of fused-ring (bicyclic) bond motifs is 2. The van der Waals surface area contributed by atoms with E-state index in [1.54, 1.807) is 13.8 Å². The Morgan fingerprint density at radius 3 is 2.54 bits per heavy atom. The van der Waals surface area contributed by atoms with Crippen molar-refractivity contribution in [3.63, 3.8) is 0 Å². The maximum atomic E-state index is 11.7. The summed E-state index contributed by atoms with van der Waals surface area (Å²) >= 11 is 6.20. The number of rotatable bonds is 8. The summed E-state index contributed by atoms with van der Waals surface area (Å²) < 4.78 is 28.5. The van der Waals surface area contributed by atoms with E-state index in [1.807, 2.05) is 42.5 Å². The van der Waals surface area contributed by atoms with Crippen LogP contribution in [0.2, 0.25) is 5.02 Å². The van der Waals surface area contributed by atoms with Crippen molar-refractivity contribution in [2.45, 2.75) is 44.1 Å². The molecule has 2 atom stereocenters. The van der Waals surface area contributed by atoms with E-state index in [0.29, 0.717) is 11.4 Å². The second-order valence-electron chi connectivity index (χ2n) is 10.3. The Morgan fingerprint density at radius 2 is 1.78 bits per heavy atom. The Hall–Kier alpha value is -2.77. The molecule has 0 radical (unpaired) electrons. The number of benzene rings is 3. The third kappa shape index (κ3) is 5.43. The fourth-order valence-corrected chi connectivity index (χ4v) is 5.98. The minimum atomic E-state index is -3.56. The maximum absolute atomic E-state index is 11.7. The summed E-state index contributed by atoms with van der Waals surface area (Å²) in [5.41, 5.74) is 6.23. The first kappa shape index (κ1) is 25.9. The van der Waals surface area contributed by atoms with Crippen LogP contribution < -0.4 is 0 Å². The SMILES string of the molecule is CC(C)(O)c1ccccc1C(CCOS(C)(=O)=O)c1cccc2c1C[C@@H]2c1ccc2ccc(Cl)cc2n1. The molecular weight excluding hydrogens is 506 g/mol. The van der Waals surface area contributed by atoms with Gasteiger partial charge in [-0.05, 0) is 72.7 Å². The normalized spacial score (nSPS) is 16.3. The fourth-order valence-electron chi connectivity index (χ4n) is 5.41. The number of hydrogen-bond acceptors (Lipinski definition) is 5. The molecule has 1 unspecified atom stereocenters. The van der Waals surface area contributed by atoms with Gasteiger partial charge in [0.15, 0.2) is 0 Å². The highest BCUT2D eigenvalue weighted by Gasteiger charge is 2.34. The molecular formula is C30H30ClNO4S. The van der Waals surface area contributed by atoms with Gasteiger partial charge in [-0.25, -0.2) is 0 Å². The van der Waals surface area contributed by atoms with Gasteiger partial charge in [0, 0.05) is 27.9 Å². The molecule has 4 aromatic rings. The smallest absolute Gasteiger partial charge is 0.264 e. The molecule has 1 N–H and O–H groups in total. The predicted molar refractivity (Wildman–Crippen MR) is 148 cm³/mol. The maximum Gasteiger partial charge on any atom is 0.264 e. The standard InChI is InChI=1S/C30H30ClNO4S/c1-30(2,33)27-10-5-4-7-24(27)23(15-16-36-37(3,34)35)21-8-6-9-22-25(21)18-26(22)28-14-12-19-11-13-20(31)17-29(19)32-28/h4-14,17,23,26,33H,15-16,18H2,1-3H3/t23?,26-/m0/s1. The largest absolute Gasteiger partial charge is 0.386 e. The molecule has 1 heterocycles. The molecule has 5 rings (SSSR count). The Balaban J connectivity index is 1.54. The molecule has 7 heteroatoms. The van der Waals surface area contributed by atoms with Gasteiger partial charge in [-0.2, -0.15) is 8.42 Å². The van der Waals surface area contributed by atoms with E-state index in [4.69, 9.17) is 20.8 Å². The average Bonchev–Trinajstić information content (AvgIpc) is 2.81.